The number of hydrogen-bond donors (Lipinski definition) is 0. The topological polar surface area (TPSA) is 74.3 Å². The number of benzene rings is 1. The second-order valence-corrected chi connectivity index (χ2v) is 6.52. The minimum Gasteiger partial charge on any atom is -0.467 e. The second kappa shape index (κ2) is 9.00. The van der Waals surface area contributed by atoms with Gasteiger partial charge in [-0.25, -0.2) is 9.59 Å². The summed E-state index contributed by atoms with van der Waals surface area (Å²) in [4.78, 5) is 26.0. The van der Waals surface area contributed by atoms with Gasteiger partial charge >= 0.3 is 12.1 Å². The molecule has 3 rings (SSSR count). The number of likely N-dealkylation sites (tertiary alicyclic amines) is 1. The molecule has 2 fully saturated rings. The van der Waals surface area contributed by atoms with Crippen LogP contribution in [0, 0.1) is 0 Å². The highest BCUT2D eigenvalue weighted by atomic mass is 16.7. The number of amides is 1. The van der Waals surface area contributed by atoms with E-state index in [0.717, 1.165) is 24.8 Å². The summed E-state index contributed by atoms with van der Waals surface area (Å²) in [6, 6.07) is 8.71. The molecule has 0 saturated carbocycles. The van der Waals surface area contributed by atoms with E-state index in [0.29, 0.717) is 13.0 Å². The molecule has 26 heavy (non-hydrogen) atoms. The zero-order valence-electron chi connectivity index (χ0n) is 15.0. The van der Waals surface area contributed by atoms with E-state index in [9.17, 15) is 9.59 Å². The Labute approximate surface area is 153 Å². The zero-order valence-corrected chi connectivity index (χ0v) is 15.0. The van der Waals surface area contributed by atoms with Crippen LogP contribution in [0.1, 0.15) is 31.2 Å². The molecular formula is C19H25NO6. The van der Waals surface area contributed by atoms with E-state index in [1.807, 2.05) is 30.3 Å². The van der Waals surface area contributed by atoms with E-state index in [1.54, 1.807) is 0 Å². The third-order valence-electron chi connectivity index (χ3n) is 4.66. The van der Waals surface area contributed by atoms with Gasteiger partial charge in [0.15, 0.2) is 6.29 Å². The molecule has 0 radical (unpaired) electrons. The third kappa shape index (κ3) is 4.74. The maximum atomic E-state index is 12.5. The van der Waals surface area contributed by atoms with Crippen molar-refractivity contribution >= 4 is 12.1 Å². The maximum Gasteiger partial charge on any atom is 0.410 e. The fourth-order valence-electron chi connectivity index (χ4n) is 3.29. The molecule has 1 aromatic carbocycles. The lowest BCUT2D eigenvalue weighted by Gasteiger charge is -2.25. The van der Waals surface area contributed by atoms with E-state index in [4.69, 9.17) is 18.9 Å². The van der Waals surface area contributed by atoms with E-state index in [1.165, 1.54) is 12.0 Å². The number of methoxy groups -OCH3 is 1. The Bertz CT molecular complexity index is 601. The molecule has 0 bridgehead atoms. The lowest BCUT2D eigenvalue weighted by molar-refractivity contribution is -0.185. The van der Waals surface area contributed by atoms with Crippen LogP contribution in [0.3, 0.4) is 0 Å². The molecule has 0 spiro atoms. The molecule has 142 valence electrons. The van der Waals surface area contributed by atoms with Crippen molar-refractivity contribution in [3.63, 3.8) is 0 Å². The van der Waals surface area contributed by atoms with E-state index >= 15 is 0 Å². The van der Waals surface area contributed by atoms with Crippen molar-refractivity contribution in [3.8, 4) is 0 Å². The molecule has 1 amide bonds. The molecule has 2 aliphatic heterocycles. The number of hydrogen-bond acceptors (Lipinski definition) is 6. The van der Waals surface area contributed by atoms with Crippen molar-refractivity contribution in [3.05, 3.63) is 35.9 Å². The molecule has 0 aliphatic carbocycles. The average molecular weight is 363 g/mol. The second-order valence-electron chi connectivity index (χ2n) is 6.52. The summed E-state index contributed by atoms with van der Waals surface area (Å²) in [6.07, 6.45) is 2.22. The maximum absolute atomic E-state index is 12.5. The van der Waals surface area contributed by atoms with Crippen molar-refractivity contribution in [1.29, 1.82) is 0 Å². The first-order valence-electron chi connectivity index (χ1n) is 8.99. The van der Waals surface area contributed by atoms with E-state index in [-0.39, 0.29) is 25.5 Å². The SMILES string of the molecule is COC(=O)[C@H]1C[C@@H](OC2CCCCO2)CN1C(=O)OCc1ccccc1. The summed E-state index contributed by atoms with van der Waals surface area (Å²) in [6.45, 7) is 1.12. The summed E-state index contributed by atoms with van der Waals surface area (Å²) in [7, 11) is 1.31. The Kier molecular flexibility index (Phi) is 6.46. The Morgan fingerprint density at radius 3 is 2.73 bits per heavy atom. The van der Waals surface area contributed by atoms with Gasteiger partial charge in [-0.2, -0.15) is 0 Å². The Hall–Kier alpha value is -2.12. The van der Waals surface area contributed by atoms with Crippen molar-refractivity contribution in [2.75, 3.05) is 20.3 Å². The Balaban J connectivity index is 1.58. The fourth-order valence-corrected chi connectivity index (χ4v) is 3.29. The van der Waals surface area contributed by atoms with Gasteiger partial charge in [-0.05, 0) is 24.8 Å². The quantitative estimate of drug-likeness (QED) is 0.748. The summed E-state index contributed by atoms with van der Waals surface area (Å²) in [5, 5.41) is 0. The number of rotatable bonds is 5. The highest BCUT2D eigenvalue weighted by Crippen LogP contribution is 2.26. The van der Waals surface area contributed by atoms with Crippen LogP contribution in [0.25, 0.3) is 0 Å². The highest BCUT2D eigenvalue weighted by Gasteiger charge is 2.42. The van der Waals surface area contributed by atoms with E-state index < -0.39 is 18.1 Å². The van der Waals surface area contributed by atoms with Crippen LogP contribution in [0.15, 0.2) is 30.3 Å². The standard InChI is InChI=1S/C19H25NO6/c1-23-18(21)16-11-15(26-17-9-5-6-10-24-17)12-20(16)19(22)25-13-14-7-3-2-4-8-14/h2-4,7-8,15-17H,5-6,9-13H2,1H3/t15-,16-,17?/m1/s1. The van der Waals surface area contributed by atoms with E-state index in [2.05, 4.69) is 0 Å². The molecule has 2 heterocycles. The molecule has 0 N–H and O–H groups in total. The molecule has 7 heteroatoms. The Morgan fingerprint density at radius 2 is 2.04 bits per heavy atom. The monoisotopic (exact) mass is 363 g/mol. The summed E-state index contributed by atoms with van der Waals surface area (Å²) < 4.78 is 21.7. The molecule has 3 atom stereocenters. The van der Waals surface area contributed by atoms with Crippen LogP contribution in [0.2, 0.25) is 0 Å². The van der Waals surface area contributed by atoms with Gasteiger partial charge in [-0.1, -0.05) is 30.3 Å². The number of esters is 1. The first kappa shape index (κ1) is 18.7. The van der Waals surface area contributed by atoms with Crippen LogP contribution in [0.5, 0.6) is 0 Å². The largest absolute Gasteiger partial charge is 0.467 e. The van der Waals surface area contributed by atoms with Crippen LogP contribution in [-0.4, -0.2) is 55.7 Å². The van der Waals surface area contributed by atoms with Crippen molar-refractivity contribution in [2.24, 2.45) is 0 Å². The molecule has 1 aromatic rings. The average Bonchev–Trinajstić information content (AvgIpc) is 3.11. The minimum atomic E-state index is -0.697. The molecule has 7 nitrogen and oxygen atoms in total. The van der Waals surface area contributed by atoms with Crippen LogP contribution >= 0.6 is 0 Å². The fraction of sp³-hybridized carbons (Fsp3) is 0.579. The molecule has 0 aromatic heterocycles. The third-order valence-corrected chi connectivity index (χ3v) is 4.66. The zero-order chi connectivity index (χ0) is 18.4. The Morgan fingerprint density at radius 1 is 1.23 bits per heavy atom. The molecule has 1 unspecified atom stereocenters. The van der Waals surface area contributed by atoms with Crippen molar-refractivity contribution < 1.29 is 28.5 Å². The number of carbonyl (C=O) groups is 2. The van der Waals surface area contributed by atoms with Gasteiger partial charge in [-0.15, -0.1) is 0 Å². The highest BCUT2D eigenvalue weighted by molar-refractivity contribution is 5.82. The number of ether oxygens (including phenoxy) is 4. The molecular weight excluding hydrogens is 338 g/mol. The van der Waals surface area contributed by atoms with Crippen LogP contribution < -0.4 is 0 Å². The van der Waals surface area contributed by atoms with Gasteiger partial charge in [0.05, 0.1) is 19.8 Å². The lowest BCUT2D eigenvalue weighted by Crippen LogP contribution is -2.41. The predicted octanol–water partition coefficient (Wildman–Crippen LogP) is 2.48. The normalized spacial score (nSPS) is 25.7. The minimum absolute atomic E-state index is 0.154. The summed E-state index contributed by atoms with van der Waals surface area (Å²) in [5.41, 5.74) is 0.887. The number of nitrogens with zero attached hydrogens (tertiary/aromatic N) is 1. The summed E-state index contributed by atoms with van der Waals surface area (Å²) >= 11 is 0. The number of carbonyl (C=O) groups excluding carboxylic acids is 2. The first-order chi connectivity index (χ1) is 12.7. The van der Waals surface area contributed by atoms with Gasteiger partial charge in [0, 0.05) is 13.0 Å². The van der Waals surface area contributed by atoms with Gasteiger partial charge in [-0.3, -0.25) is 4.90 Å². The van der Waals surface area contributed by atoms with Gasteiger partial charge in [0.1, 0.15) is 12.6 Å². The molecule has 2 aliphatic rings. The summed E-state index contributed by atoms with van der Waals surface area (Å²) in [5.74, 6) is -0.461. The lowest BCUT2D eigenvalue weighted by atomic mass is 10.2. The smallest absolute Gasteiger partial charge is 0.410 e. The van der Waals surface area contributed by atoms with Gasteiger partial charge < -0.3 is 18.9 Å². The van der Waals surface area contributed by atoms with Crippen LogP contribution in [0.4, 0.5) is 4.79 Å². The van der Waals surface area contributed by atoms with Crippen LogP contribution in [-0.2, 0) is 30.3 Å². The molecule has 2 saturated heterocycles. The van der Waals surface area contributed by atoms with Gasteiger partial charge in [0.25, 0.3) is 0 Å². The predicted molar refractivity (Wildman–Crippen MR) is 92.2 cm³/mol. The first-order valence-corrected chi connectivity index (χ1v) is 8.99. The van der Waals surface area contributed by atoms with Crippen molar-refractivity contribution in [1.82, 2.24) is 4.90 Å². The van der Waals surface area contributed by atoms with Gasteiger partial charge in [0.2, 0.25) is 0 Å². The van der Waals surface area contributed by atoms with Crippen molar-refractivity contribution in [2.45, 2.75) is 50.7 Å².